The van der Waals surface area contributed by atoms with Gasteiger partial charge in [0.2, 0.25) is 5.91 Å². The second kappa shape index (κ2) is 9.01. The molecule has 0 atom stereocenters. The van der Waals surface area contributed by atoms with Gasteiger partial charge in [0.15, 0.2) is 0 Å². The number of fused-ring (bicyclic) bond motifs is 1. The highest BCUT2D eigenvalue weighted by atomic mass is 32.1. The van der Waals surface area contributed by atoms with Crippen LogP contribution < -0.4 is 16.6 Å². The molecule has 0 aliphatic heterocycles. The number of hydrogen-bond donors (Lipinski definition) is 1. The Balaban J connectivity index is 1.82. The van der Waals surface area contributed by atoms with Crippen molar-refractivity contribution in [2.24, 2.45) is 0 Å². The average Bonchev–Trinajstić information content (AvgIpc) is 3.18. The normalized spacial score (nSPS) is 11.1. The number of nitrogens with zero attached hydrogens (tertiary/aromatic N) is 2. The third kappa shape index (κ3) is 4.25. The molecule has 7 heteroatoms. The Labute approximate surface area is 167 Å². The molecule has 0 fully saturated rings. The Bertz CT molecular complexity index is 1080. The zero-order chi connectivity index (χ0) is 20.1. The van der Waals surface area contributed by atoms with Crippen LogP contribution in [0.2, 0.25) is 0 Å². The largest absolute Gasteiger partial charge is 0.332 e. The van der Waals surface area contributed by atoms with Gasteiger partial charge in [-0.05, 0) is 48.4 Å². The molecule has 0 aliphatic carbocycles. The summed E-state index contributed by atoms with van der Waals surface area (Å²) in [5.74, 6) is -0.294. The van der Waals surface area contributed by atoms with Gasteiger partial charge in [0.05, 0.1) is 5.52 Å². The summed E-state index contributed by atoms with van der Waals surface area (Å²) in [7, 11) is 0. The Morgan fingerprint density at radius 3 is 2.46 bits per heavy atom. The molecule has 148 valence electrons. The van der Waals surface area contributed by atoms with Crippen LogP contribution in [0.4, 0.5) is 5.69 Å². The molecule has 0 spiro atoms. The molecule has 3 rings (SSSR count). The quantitative estimate of drug-likeness (QED) is 0.629. The molecule has 3 aromatic rings. The standard InChI is InChI=1S/C21H25N3O3S/c1-3-5-6-15-7-9-16(10-8-15)22-18(25)14-24-17-11-13-28-19(17)20(26)23(12-4-2)21(24)27/h7-11,13H,3-6,12,14H2,1-2H3,(H,22,25). The van der Waals surface area contributed by atoms with Crippen LogP contribution in [0.25, 0.3) is 10.2 Å². The minimum atomic E-state index is -0.442. The summed E-state index contributed by atoms with van der Waals surface area (Å²) in [5.41, 5.74) is 1.72. The van der Waals surface area contributed by atoms with Gasteiger partial charge in [0.25, 0.3) is 5.56 Å². The number of amides is 1. The highest BCUT2D eigenvalue weighted by Crippen LogP contribution is 2.16. The second-order valence-corrected chi connectivity index (χ2v) is 7.73. The van der Waals surface area contributed by atoms with E-state index in [0.717, 1.165) is 19.3 Å². The van der Waals surface area contributed by atoms with Gasteiger partial charge in [-0.3, -0.25) is 18.7 Å². The maximum absolute atomic E-state index is 12.8. The van der Waals surface area contributed by atoms with Crippen LogP contribution in [0.5, 0.6) is 0 Å². The van der Waals surface area contributed by atoms with Gasteiger partial charge in [-0.25, -0.2) is 4.79 Å². The lowest BCUT2D eigenvalue weighted by Crippen LogP contribution is -2.41. The van der Waals surface area contributed by atoms with Crippen molar-refractivity contribution in [3.63, 3.8) is 0 Å². The molecular formula is C21H25N3O3S. The Hall–Kier alpha value is -2.67. The number of anilines is 1. The van der Waals surface area contributed by atoms with Crippen LogP contribution in [0.3, 0.4) is 0 Å². The summed E-state index contributed by atoms with van der Waals surface area (Å²) in [6.07, 6.45) is 3.97. The summed E-state index contributed by atoms with van der Waals surface area (Å²) in [6.45, 7) is 4.27. The van der Waals surface area contributed by atoms with Crippen LogP contribution >= 0.6 is 11.3 Å². The fraction of sp³-hybridized carbons (Fsp3) is 0.381. The van der Waals surface area contributed by atoms with E-state index in [1.54, 1.807) is 11.4 Å². The number of rotatable bonds is 8. The number of thiophene rings is 1. The lowest BCUT2D eigenvalue weighted by Gasteiger charge is -2.12. The van der Waals surface area contributed by atoms with Gasteiger partial charge in [-0.1, -0.05) is 32.4 Å². The second-order valence-electron chi connectivity index (χ2n) is 6.81. The van der Waals surface area contributed by atoms with Gasteiger partial charge >= 0.3 is 5.69 Å². The third-order valence-electron chi connectivity index (χ3n) is 4.64. The lowest BCUT2D eigenvalue weighted by molar-refractivity contribution is -0.116. The number of carbonyl (C=O) groups is 1. The van der Waals surface area contributed by atoms with Gasteiger partial charge in [0.1, 0.15) is 11.2 Å². The topological polar surface area (TPSA) is 73.1 Å². The van der Waals surface area contributed by atoms with Crippen LogP contribution in [0.15, 0.2) is 45.3 Å². The molecule has 0 radical (unpaired) electrons. The van der Waals surface area contributed by atoms with Crippen molar-refractivity contribution >= 4 is 33.1 Å². The molecule has 0 saturated heterocycles. The van der Waals surface area contributed by atoms with Crippen molar-refractivity contribution in [2.75, 3.05) is 5.32 Å². The van der Waals surface area contributed by atoms with Crippen molar-refractivity contribution in [3.8, 4) is 0 Å². The zero-order valence-electron chi connectivity index (χ0n) is 16.2. The van der Waals surface area contributed by atoms with Crippen LogP contribution in [0, 0.1) is 0 Å². The van der Waals surface area contributed by atoms with Crippen molar-refractivity contribution in [1.29, 1.82) is 0 Å². The predicted molar refractivity (Wildman–Crippen MR) is 114 cm³/mol. The number of hydrogen-bond acceptors (Lipinski definition) is 4. The Morgan fingerprint density at radius 1 is 1.04 bits per heavy atom. The van der Waals surface area contributed by atoms with E-state index in [1.165, 1.54) is 26.0 Å². The first-order valence-corrected chi connectivity index (χ1v) is 10.5. The summed E-state index contributed by atoms with van der Waals surface area (Å²) in [5, 5.41) is 4.61. The van der Waals surface area contributed by atoms with Gasteiger partial charge < -0.3 is 5.32 Å². The fourth-order valence-corrected chi connectivity index (χ4v) is 4.03. The SMILES string of the molecule is CCCCc1ccc(NC(=O)Cn2c(=O)n(CCC)c(=O)c3sccc32)cc1. The van der Waals surface area contributed by atoms with Gasteiger partial charge in [0, 0.05) is 12.2 Å². The van der Waals surface area contributed by atoms with Crippen LogP contribution in [-0.2, 0) is 24.3 Å². The number of aromatic nitrogens is 2. The first kappa shape index (κ1) is 20.1. The van der Waals surface area contributed by atoms with Crippen LogP contribution in [0.1, 0.15) is 38.7 Å². The van der Waals surface area contributed by atoms with E-state index in [0.29, 0.717) is 28.9 Å². The maximum Gasteiger partial charge on any atom is 0.332 e. The molecule has 2 heterocycles. The molecule has 0 bridgehead atoms. The van der Waals surface area contributed by atoms with E-state index < -0.39 is 5.69 Å². The first-order chi connectivity index (χ1) is 13.5. The van der Waals surface area contributed by atoms with Crippen LogP contribution in [-0.4, -0.2) is 15.0 Å². The molecule has 1 aromatic carbocycles. The predicted octanol–water partition coefficient (Wildman–Crippen LogP) is 3.62. The highest BCUT2D eigenvalue weighted by molar-refractivity contribution is 7.17. The smallest absolute Gasteiger partial charge is 0.325 e. The summed E-state index contributed by atoms with van der Waals surface area (Å²) < 4.78 is 3.10. The summed E-state index contributed by atoms with van der Waals surface area (Å²) in [4.78, 5) is 37.8. The van der Waals surface area contributed by atoms with Crippen molar-refractivity contribution < 1.29 is 4.79 Å². The van der Waals surface area contributed by atoms with E-state index in [9.17, 15) is 14.4 Å². The molecule has 1 amide bonds. The summed E-state index contributed by atoms with van der Waals surface area (Å²) in [6, 6.07) is 9.49. The maximum atomic E-state index is 12.8. The molecule has 1 N–H and O–H groups in total. The van der Waals surface area contributed by atoms with E-state index in [1.807, 2.05) is 31.2 Å². The monoisotopic (exact) mass is 399 g/mol. The van der Waals surface area contributed by atoms with E-state index in [2.05, 4.69) is 12.2 Å². The van der Waals surface area contributed by atoms with Crippen molar-refractivity contribution in [3.05, 3.63) is 62.1 Å². The molecule has 6 nitrogen and oxygen atoms in total. The molecular weight excluding hydrogens is 374 g/mol. The van der Waals surface area contributed by atoms with Crippen molar-refractivity contribution in [1.82, 2.24) is 9.13 Å². The van der Waals surface area contributed by atoms with Gasteiger partial charge in [-0.15, -0.1) is 11.3 Å². The zero-order valence-corrected chi connectivity index (χ0v) is 17.1. The molecule has 0 saturated carbocycles. The number of nitrogens with one attached hydrogen (secondary N) is 1. The van der Waals surface area contributed by atoms with Crippen molar-refractivity contribution in [2.45, 2.75) is 52.6 Å². The minimum Gasteiger partial charge on any atom is -0.325 e. The van der Waals surface area contributed by atoms with E-state index in [4.69, 9.17) is 0 Å². The average molecular weight is 400 g/mol. The molecule has 0 aliphatic rings. The number of benzene rings is 1. The number of unbranched alkanes of at least 4 members (excludes halogenated alkanes) is 1. The summed E-state index contributed by atoms with van der Waals surface area (Å²) >= 11 is 1.29. The van der Waals surface area contributed by atoms with Gasteiger partial charge in [-0.2, -0.15) is 0 Å². The Morgan fingerprint density at radius 2 is 1.79 bits per heavy atom. The molecule has 2 aromatic heterocycles. The lowest BCUT2D eigenvalue weighted by atomic mass is 10.1. The Kier molecular flexibility index (Phi) is 6.46. The number of aryl methyl sites for hydroxylation is 1. The number of carbonyl (C=O) groups excluding carboxylic acids is 1. The van der Waals surface area contributed by atoms with E-state index in [-0.39, 0.29) is 18.0 Å². The minimum absolute atomic E-state index is 0.131. The third-order valence-corrected chi connectivity index (χ3v) is 5.53. The fourth-order valence-electron chi connectivity index (χ4n) is 3.19. The molecule has 28 heavy (non-hydrogen) atoms. The van der Waals surface area contributed by atoms with E-state index >= 15 is 0 Å². The first-order valence-electron chi connectivity index (χ1n) is 9.64. The molecule has 0 unspecified atom stereocenters. The highest BCUT2D eigenvalue weighted by Gasteiger charge is 2.16.